The monoisotopic (exact) mass is 294 g/mol. The van der Waals surface area contributed by atoms with Gasteiger partial charge in [0.05, 0.1) is 16.9 Å². The number of halogens is 3. The van der Waals surface area contributed by atoms with Crippen molar-refractivity contribution in [1.29, 1.82) is 0 Å². The van der Waals surface area contributed by atoms with Gasteiger partial charge in [-0.05, 0) is 36.8 Å². The molecular formula is C16H17F3N2. The molecule has 21 heavy (non-hydrogen) atoms. The second-order valence-corrected chi connectivity index (χ2v) is 4.77. The maximum atomic E-state index is 12.7. The number of nitrogens with two attached hydrogens (primary N) is 1. The quantitative estimate of drug-likeness (QED) is 0.851. The molecule has 2 nitrogen and oxygen atoms in total. The highest BCUT2D eigenvalue weighted by Gasteiger charge is 2.30. The van der Waals surface area contributed by atoms with Crippen LogP contribution in [0.4, 0.5) is 24.5 Å². The third-order valence-corrected chi connectivity index (χ3v) is 3.29. The van der Waals surface area contributed by atoms with Gasteiger partial charge in [0.1, 0.15) is 0 Å². The molecule has 0 fully saturated rings. The van der Waals surface area contributed by atoms with E-state index in [0.717, 1.165) is 11.8 Å². The standard InChI is InChI=1S/C16H17F3N2/c1-2-21(15-9-4-3-8-14(15)20)11-12-6-5-7-13(10-12)16(17,18)19/h3-10H,2,11,20H2,1H3. The summed E-state index contributed by atoms with van der Waals surface area (Å²) in [6, 6.07) is 12.7. The van der Waals surface area contributed by atoms with Gasteiger partial charge in [-0.3, -0.25) is 0 Å². The minimum absolute atomic E-state index is 0.384. The molecule has 0 aliphatic heterocycles. The van der Waals surface area contributed by atoms with Gasteiger partial charge >= 0.3 is 6.18 Å². The van der Waals surface area contributed by atoms with Gasteiger partial charge < -0.3 is 10.6 Å². The smallest absolute Gasteiger partial charge is 0.397 e. The Hall–Kier alpha value is -2.17. The molecule has 112 valence electrons. The molecule has 0 aliphatic rings. The van der Waals surface area contributed by atoms with Crippen LogP contribution in [0.2, 0.25) is 0 Å². The van der Waals surface area contributed by atoms with Crippen LogP contribution in [0.15, 0.2) is 48.5 Å². The summed E-state index contributed by atoms with van der Waals surface area (Å²) in [5.74, 6) is 0. The molecule has 5 heteroatoms. The van der Waals surface area contributed by atoms with E-state index < -0.39 is 11.7 Å². The van der Waals surface area contributed by atoms with E-state index in [2.05, 4.69) is 0 Å². The Morgan fingerprint density at radius 3 is 2.38 bits per heavy atom. The molecule has 0 radical (unpaired) electrons. The van der Waals surface area contributed by atoms with Crippen LogP contribution in [0, 0.1) is 0 Å². The zero-order chi connectivity index (χ0) is 15.5. The maximum absolute atomic E-state index is 12.7. The first-order valence-corrected chi connectivity index (χ1v) is 6.67. The Labute approximate surface area is 122 Å². The lowest BCUT2D eigenvalue weighted by molar-refractivity contribution is -0.137. The summed E-state index contributed by atoms with van der Waals surface area (Å²) in [5, 5.41) is 0. The summed E-state index contributed by atoms with van der Waals surface area (Å²) in [4.78, 5) is 1.95. The minimum Gasteiger partial charge on any atom is -0.397 e. The van der Waals surface area contributed by atoms with Crippen molar-refractivity contribution < 1.29 is 13.2 Å². The number of anilines is 2. The van der Waals surface area contributed by atoms with Gasteiger partial charge in [0.25, 0.3) is 0 Å². The lowest BCUT2D eigenvalue weighted by atomic mass is 10.1. The van der Waals surface area contributed by atoms with E-state index in [-0.39, 0.29) is 0 Å². The zero-order valence-electron chi connectivity index (χ0n) is 11.7. The van der Waals surface area contributed by atoms with Crippen molar-refractivity contribution in [3.05, 3.63) is 59.7 Å². The van der Waals surface area contributed by atoms with Gasteiger partial charge in [0, 0.05) is 13.1 Å². The highest BCUT2D eigenvalue weighted by Crippen LogP contribution is 2.30. The lowest BCUT2D eigenvalue weighted by Gasteiger charge is -2.25. The van der Waals surface area contributed by atoms with Gasteiger partial charge in [-0.2, -0.15) is 13.2 Å². The number of nitrogen functional groups attached to an aromatic ring is 1. The van der Waals surface area contributed by atoms with E-state index >= 15 is 0 Å². The number of hydrogen-bond donors (Lipinski definition) is 1. The molecule has 2 N–H and O–H groups in total. The van der Waals surface area contributed by atoms with Crippen LogP contribution >= 0.6 is 0 Å². The molecule has 2 aromatic rings. The Morgan fingerprint density at radius 2 is 1.76 bits per heavy atom. The number of benzene rings is 2. The first-order valence-electron chi connectivity index (χ1n) is 6.67. The number of alkyl halides is 3. The summed E-state index contributed by atoms with van der Waals surface area (Å²) in [7, 11) is 0. The maximum Gasteiger partial charge on any atom is 0.416 e. The van der Waals surface area contributed by atoms with E-state index in [1.54, 1.807) is 12.1 Å². The van der Waals surface area contributed by atoms with Crippen LogP contribution in [0.1, 0.15) is 18.1 Å². The average Bonchev–Trinajstić information content (AvgIpc) is 2.45. The summed E-state index contributed by atoms with van der Waals surface area (Å²) in [6.07, 6.45) is -4.32. The van der Waals surface area contributed by atoms with Crippen molar-refractivity contribution in [3.8, 4) is 0 Å². The lowest BCUT2D eigenvalue weighted by Crippen LogP contribution is -2.23. The van der Waals surface area contributed by atoms with Gasteiger partial charge in [-0.15, -0.1) is 0 Å². The van der Waals surface area contributed by atoms with Crippen LogP contribution < -0.4 is 10.6 Å². The number of rotatable bonds is 4. The van der Waals surface area contributed by atoms with Gasteiger partial charge in [-0.1, -0.05) is 24.3 Å². The van der Waals surface area contributed by atoms with Gasteiger partial charge in [-0.25, -0.2) is 0 Å². The molecule has 0 saturated carbocycles. The fourth-order valence-corrected chi connectivity index (χ4v) is 2.21. The number of nitrogens with zero attached hydrogens (tertiary/aromatic N) is 1. The first kappa shape index (κ1) is 15.2. The van der Waals surface area contributed by atoms with Crippen molar-refractivity contribution >= 4 is 11.4 Å². The third-order valence-electron chi connectivity index (χ3n) is 3.29. The number of hydrogen-bond acceptors (Lipinski definition) is 2. The van der Waals surface area contributed by atoms with Crippen LogP contribution in [-0.2, 0) is 12.7 Å². The van der Waals surface area contributed by atoms with Crippen LogP contribution in [0.3, 0.4) is 0 Å². The Morgan fingerprint density at radius 1 is 1.05 bits per heavy atom. The fraction of sp³-hybridized carbons (Fsp3) is 0.250. The van der Waals surface area contributed by atoms with Crippen LogP contribution in [0.5, 0.6) is 0 Å². The normalized spacial score (nSPS) is 11.4. The van der Waals surface area contributed by atoms with Crippen molar-refractivity contribution in [3.63, 3.8) is 0 Å². The van der Waals surface area contributed by atoms with E-state index in [1.807, 2.05) is 30.0 Å². The minimum atomic E-state index is -4.32. The first-order chi connectivity index (χ1) is 9.91. The molecular weight excluding hydrogens is 277 g/mol. The SMILES string of the molecule is CCN(Cc1cccc(C(F)(F)F)c1)c1ccccc1N. The van der Waals surface area contributed by atoms with Crippen LogP contribution in [0.25, 0.3) is 0 Å². The molecule has 0 unspecified atom stereocenters. The summed E-state index contributed by atoms with van der Waals surface area (Å²) in [5.41, 5.74) is 7.35. The van der Waals surface area contributed by atoms with Crippen molar-refractivity contribution in [2.24, 2.45) is 0 Å². The molecule has 0 heterocycles. The predicted molar refractivity (Wildman–Crippen MR) is 79.0 cm³/mol. The third kappa shape index (κ3) is 3.68. The van der Waals surface area contributed by atoms with Crippen LogP contribution in [-0.4, -0.2) is 6.54 Å². The van der Waals surface area contributed by atoms with E-state index in [1.165, 1.54) is 12.1 Å². The predicted octanol–water partition coefficient (Wildman–Crippen LogP) is 4.31. The summed E-state index contributed by atoms with van der Waals surface area (Å²) >= 11 is 0. The largest absolute Gasteiger partial charge is 0.416 e. The molecule has 0 saturated heterocycles. The van der Waals surface area contributed by atoms with Crippen molar-refractivity contribution in [2.75, 3.05) is 17.2 Å². The average molecular weight is 294 g/mol. The highest BCUT2D eigenvalue weighted by atomic mass is 19.4. The van der Waals surface area contributed by atoms with Crippen molar-refractivity contribution in [1.82, 2.24) is 0 Å². The molecule has 0 atom stereocenters. The van der Waals surface area contributed by atoms with Gasteiger partial charge in [0.2, 0.25) is 0 Å². The molecule has 0 bridgehead atoms. The molecule has 0 aromatic heterocycles. The topological polar surface area (TPSA) is 29.3 Å². The zero-order valence-corrected chi connectivity index (χ0v) is 11.7. The van der Waals surface area contributed by atoms with Gasteiger partial charge in [0.15, 0.2) is 0 Å². The van der Waals surface area contributed by atoms with Crippen molar-refractivity contribution in [2.45, 2.75) is 19.6 Å². The number of para-hydroxylation sites is 2. The molecule has 0 amide bonds. The Kier molecular flexibility index (Phi) is 4.40. The summed E-state index contributed by atoms with van der Waals surface area (Å²) < 4.78 is 38.2. The summed E-state index contributed by atoms with van der Waals surface area (Å²) in [6.45, 7) is 2.99. The second kappa shape index (κ2) is 6.08. The van der Waals surface area contributed by atoms with E-state index in [0.29, 0.717) is 24.3 Å². The van der Waals surface area contributed by atoms with E-state index in [9.17, 15) is 13.2 Å². The molecule has 0 spiro atoms. The van der Waals surface area contributed by atoms with E-state index in [4.69, 9.17) is 5.73 Å². The second-order valence-electron chi connectivity index (χ2n) is 4.77. The Bertz CT molecular complexity index is 608. The fourth-order valence-electron chi connectivity index (χ4n) is 2.21. The molecule has 0 aliphatic carbocycles. The Balaban J connectivity index is 2.26. The highest BCUT2D eigenvalue weighted by molar-refractivity contribution is 5.67. The molecule has 2 aromatic carbocycles. The molecule has 2 rings (SSSR count).